The summed E-state index contributed by atoms with van der Waals surface area (Å²) in [5.41, 5.74) is 1.26. The van der Waals surface area contributed by atoms with Gasteiger partial charge in [-0.1, -0.05) is 11.6 Å². The van der Waals surface area contributed by atoms with Crippen LogP contribution >= 0.6 is 0 Å². The molecule has 4 rings (SSSR count). The van der Waals surface area contributed by atoms with Crippen molar-refractivity contribution in [2.75, 3.05) is 31.1 Å². The Balaban J connectivity index is 1.55. The minimum Gasteiger partial charge on any atom is -0.293 e. The second-order valence-corrected chi connectivity index (χ2v) is 9.50. The Morgan fingerprint density at radius 2 is 1.96 bits per heavy atom. The molecule has 140 valence electrons. The monoisotopic (exact) mass is 376 g/mol. The van der Waals surface area contributed by atoms with Gasteiger partial charge < -0.3 is 0 Å². The maximum Gasteiger partial charge on any atom is 0.252 e. The molecule has 8 nitrogen and oxygen atoms in total. The summed E-state index contributed by atoms with van der Waals surface area (Å²) in [6.45, 7) is 7.17. The average Bonchev–Trinajstić information content (AvgIpc) is 3.13. The molecule has 2 aliphatic heterocycles. The number of fused-ring (bicyclic) bond motifs is 2. The summed E-state index contributed by atoms with van der Waals surface area (Å²) < 4.78 is 26.3. The van der Waals surface area contributed by atoms with Crippen LogP contribution in [0.4, 0.5) is 0 Å². The van der Waals surface area contributed by atoms with E-state index in [0.29, 0.717) is 18.1 Å². The summed E-state index contributed by atoms with van der Waals surface area (Å²) in [4.78, 5) is 13.2. The first kappa shape index (κ1) is 17.6. The van der Waals surface area contributed by atoms with E-state index in [-0.39, 0.29) is 23.6 Å². The first-order chi connectivity index (χ1) is 12.4. The van der Waals surface area contributed by atoms with E-state index in [2.05, 4.69) is 44.8 Å². The van der Waals surface area contributed by atoms with Crippen molar-refractivity contribution >= 4 is 15.6 Å². The molecule has 4 heterocycles. The minimum atomic E-state index is -3.01. The highest BCUT2D eigenvalue weighted by atomic mass is 32.2. The smallest absolute Gasteiger partial charge is 0.252 e. The second kappa shape index (κ2) is 6.71. The lowest BCUT2D eigenvalue weighted by atomic mass is 10.0. The van der Waals surface area contributed by atoms with E-state index >= 15 is 0 Å². The fraction of sp³-hybridized carbons (Fsp3) is 0.588. The van der Waals surface area contributed by atoms with Crippen molar-refractivity contribution in [2.24, 2.45) is 0 Å². The molecule has 0 saturated carbocycles. The van der Waals surface area contributed by atoms with E-state index in [1.165, 1.54) is 5.57 Å². The van der Waals surface area contributed by atoms with Crippen LogP contribution in [0.25, 0.3) is 5.78 Å². The lowest BCUT2D eigenvalue weighted by Crippen LogP contribution is -2.58. The van der Waals surface area contributed by atoms with Gasteiger partial charge in [0.15, 0.2) is 15.7 Å². The molecular formula is C17H24N6O2S. The lowest BCUT2D eigenvalue weighted by molar-refractivity contribution is 0.0461. The van der Waals surface area contributed by atoms with Crippen molar-refractivity contribution in [1.82, 2.24) is 29.4 Å². The summed E-state index contributed by atoms with van der Waals surface area (Å²) in [5.74, 6) is 1.71. The van der Waals surface area contributed by atoms with Crippen LogP contribution in [0, 0.1) is 0 Å². The van der Waals surface area contributed by atoms with Crippen molar-refractivity contribution in [3.63, 3.8) is 0 Å². The van der Waals surface area contributed by atoms with Crippen LogP contribution in [0.5, 0.6) is 0 Å². The average molecular weight is 376 g/mol. The molecule has 2 aliphatic rings. The first-order valence-corrected chi connectivity index (χ1v) is 10.7. The molecule has 0 aliphatic carbocycles. The topological polar surface area (TPSA) is 83.7 Å². The quantitative estimate of drug-likeness (QED) is 0.713. The Labute approximate surface area is 153 Å². The third-order valence-corrected chi connectivity index (χ3v) is 6.84. The molecule has 0 radical (unpaired) electrons. The first-order valence-electron chi connectivity index (χ1n) is 8.89. The number of aromatic nitrogens is 4. The summed E-state index contributed by atoms with van der Waals surface area (Å²) in [5, 5.41) is 4.46. The highest BCUT2D eigenvalue weighted by Gasteiger charge is 2.46. The number of sulfone groups is 1. The highest BCUT2D eigenvalue weighted by molar-refractivity contribution is 7.91. The van der Waals surface area contributed by atoms with Gasteiger partial charge in [-0.2, -0.15) is 4.98 Å². The van der Waals surface area contributed by atoms with Gasteiger partial charge in [0.2, 0.25) is 0 Å². The third kappa shape index (κ3) is 3.51. The highest BCUT2D eigenvalue weighted by Crippen LogP contribution is 2.28. The second-order valence-electron chi connectivity index (χ2n) is 7.35. The van der Waals surface area contributed by atoms with Crippen LogP contribution in [0.2, 0.25) is 0 Å². The molecule has 0 spiro atoms. The lowest BCUT2D eigenvalue weighted by Gasteiger charge is -2.43. The van der Waals surface area contributed by atoms with E-state index in [0.717, 1.165) is 19.6 Å². The van der Waals surface area contributed by atoms with Crippen molar-refractivity contribution in [2.45, 2.75) is 32.5 Å². The van der Waals surface area contributed by atoms with Crippen LogP contribution in [0.3, 0.4) is 0 Å². The maximum absolute atomic E-state index is 12.3. The minimum absolute atomic E-state index is 0.00103. The fourth-order valence-electron chi connectivity index (χ4n) is 3.84. The fourth-order valence-corrected chi connectivity index (χ4v) is 5.89. The van der Waals surface area contributed by atoms with Crippen molar-refractivity contribution in [1.29, 1.82) is 0 Å². The molecule has 26 heavy (non-hydrogen) atoms. The van der Waals surface area contributed by atoms with Crippen molar-refractivity contribution in [3.8, 4) is 0 Å². The zero-order chi connectivity index (χ0) is 18.3. The Morgan fingerprint density at radius 1 is 1.23 bits per heavy atom. The Morgan fingerprint density at radius 3 is 2.69 bits per heavy atom. The van der Waals surface area contributed by atoms with Gasteiger partial charge >= 0.3 is 0 Å². The van der Waals surface area contributed by atoms with E-state index in [1.54, 1.807) is 10.7 Å². The van der Waals surface area contributed by atoms with Crippen LogP contribution in [0.1, 0.15) is 19.7 Å². The molecule has 0 bridgehead atoms. The van der Waals surface area contributed by atoms with E-state index in [1.807, 2.05) is 12.3 Å². The number of rotatable bonds is 4. The number of hydrogen-bond donors (Lipinski definition) is 0. The number of nitrogens with zero attached hydrogens (tertiary/aromatic N) is 6. The van der Waals surface area contributed by atoms with Crippen molar-refractivity contribution in [3.05, 3.63) is 35.9 Å². The zero-order valence-corrected chi connectivity index (χ0v) is 15.9. The van der Waals surface area contributed by atoms with Gasteiger partial charge in [-0.15, -0.1) is 5.10 Å². The Kier molecular flexibility index (Phi) is 4.54. The zero-order valence-electron chi connectivity index (χ0n) is 15.1. The third-order valence-electron chi connectivity index (χ3n) is 5.15. The van der Waals surface area contributed by atoms with Crippen LogP contribution in [0.15, 0.2) is 30.1 Å². The van der Waals surface area contributed by atoms with Gasteiger partial charge in [-0.3, -0.25) is 9.80 Å². The van der Waals surface area contributed by atoms with Crippen LogP contribution in [-0.2, 0) is 16.4 Å². The number of hydrogen-bond acceptors (Lipinski definition) is 7. The molecule has 2 aromatic heterocycles. The number of piperazine rings is 1. The van der Waals surface area contributed by atoms with E-state index in [9.17, 15) is 8.42 Å². The summed E-state index contributed by atoms with van der Waals surface area (Å²) in [7, 11) is -3.01. The molecule has 2 aromatic rings. The molecule has 0 N–H and O–H groups in total. The Hall–Kier alpha value is -1.84. The van der Waals surface area contributed by atoms with Crippen LogP contribution < -0.4 is 0 Å². The standard InChI is InChI=1S/C17H24N6O2S/c1-13(2)4-7-21-8-9-22(15-12-26(24,25)11-14(15)21)10-16-19-17-18-5-3-6-23(17)20-16/h3-6,14-15H,7-12H2,1-2H3/t14-,15+/m1/s1. The van der Waals surface area contributed by atoms with Gasteiger partial charge in [0.1, 0.15) is 0 Å². The normalized spacial score (nSPS) is 26.1. The van der Waals surface area contributed by atoms with E-state index in [4.69, 9.17) is 0 Å². The molecule has 0 aromatic carbocycles. The predicted molar refractivity (Wildman–Crippen MR) is 98.4 cm³/mol. The Bertz CT molecular complexity index is 901. The maximum atomic E-state index is 12.3. The van der Waals surface area contributed by atoms with Crippen LogP contribution in [-0.4, -0.2) is 81.0 Å². The molecule has 0 amide bonds. The SMILES string of the molecule is CC(C)=CCN1CCN(Cc2nc3ncccn3n2)[C@H]2CS(=O)(=O)C[C@H]21. The van der Waals surface area contributed by atoms with Gasteiger partial charge in [0.25, 0.3) is 5.78 Å². The molecule has 2 atom stereocenters. The summed E-state index contributed by atoms with van der Waals surface area (Å²) in [6.07, 6.45) is 5.68. The molecule has 9 heteroatoms. The van der Waals surface area contributed by atoms with E-state index < -0.39 is 9.84 Å². The van der Waals surface area contributed by atoms with Gasteiger partial charge in [-0.25, -0.2) is 17.9 Å². The molecular weight excluding hydrogens is 352 g/mol. The van der Waals surface area contributed by atoms with Crippen molar-refractivity contribution < 1.29 is 8.42 Å². The molecule has 0 unspecified atom stereocenters. The molecule has 2 fully saturated rings. The summed E-state index contributed by atoms with van der Waals surface area (Å²) >= 11 is 0. The largest absolute Gasteiger partial charge is 0.293 e. The van der Waals surface area contributed by atoms with Gasteiger partial charge in [0.05, 0.1) is 18.1 Å². The number of allylic oxidation sites excluding steroid dienone is 1. The van der Waals surface area contributed by atoms with Gasteiger partial charge in [-0.05, 0) is 19.9 Å². The summed E-state index contributed by atoms with van der Waals surface area (Å²) in [6, 6.07) is 1.85. The van der Waals surface area contributed by atoms with Gasteiger partial charge in [0, 0.05) is 44.1 Å². The molecule has 2 saturated heterocycles. The predicted octanol–water partition coefficient (Wildman–Crippen LogP) is 0.374.